The van der Waals surface area contributed by atoms with Gasteiger partial charge in [-0.1, -0.05) is 41.4 Å². The van der Waals surface area contributed by atoms with E-state index in [0.29, 0.717) is 16.5 Å². The number of carbonyl (C=O) groups excluding carboxylic acids is 1. The van der Waals surface area contributed by atoms with Gasteiger partial charge in [0.05, 0.1) is 23.7 Å². The molecule has 0 aliphatic carbocycles. The number of nitrogens with one attached hydrogen (secondary N) is 1. The van der Waals surface area contributed by atoms with E-state index in [1.54, 1.807) is 36.4 Å². The summed E-state index contributed by atoms with van der Waals surface area (Å²) in [7, 11) is -2.52. The monoisotopic (exact) mass is 472 g/mol. The average molecular weight is 473 g/mol. The molecule has 1 amide bonds. The molecule has 0 aliphatic heterocycles. The number of sulfonamides is 1. The van der Waals surface area contributed by atoms with E-state index in [-0.39, 0.29) is 17.5 Å². The van der Waals surface area contributed by atoms with Crippen LogP contribution in [-0.4, -0.2) is 28.0 Å². The van der Waals surface area contributed by atoms with Crippen LogP contribution < -0.4 is 14.4 Å². The second kappa shape index (κ2) is 10.1. The van der Waals surface area contributed by atoms with E-state index in [4.69, 9.17) is 16.3 Å². The fraction of sp³-hybridized carbons (Fsp3) is 0.208. The fourth-order valence-electron chi connectivity index (χ4n) is 3.15. The van der Waals surface area contributed by atoms with Crippen molar-refractivity contribution < 1.29 is 17.9 Å². The molecule has 0 saturated carbocycles. The molecule has 1 unspecified atom stereocenters. The quantitative estimate of drug-likeness (QED) is 0.514. The molecule has 6 nitrogen and oxygen atoms in total. The largest absolute Gasteiger partial charge is 0.497 e. The van der Waals surface area contributed by atoms with Crippen molar-refractivity contribution in [2.45, 2.75) is 24.8 Å². The molecule has 0 fully saturated rings. The van der Waals surface area contributed by atoms with Gasteiger partial charge in [-0.25, -0.2) is 8.42 Å². The zero-order chi connectivity index (χ0) is 23.3. The minimum Gasteiger partial charge on any atom is -0.497 e. The number of ether oxygens (including phenoxy) is 1. The highest BCUT2D eigenvalue weighted by Crippen LogP contribution is 2.26. The predicted molar refractivity (Wildman–Crippen MR) is 127 cm³/mol. The summed E-state index contributed by atoms with van der Waals surface area (Å²) < 4.78 is 33.0. The average Bonchev–Trinajstić information content (AvgIpc) is 2.78. The third-order valence-corrected chi connectivity index (χ3v) is 7.04. The Labute approximate surface area is 193 Å². The number of amides is 1. The zero-order valence-electron chi connectivity index (χ0n) is 18.1. The number of hydrogen-bond acceptors (Lipinski definition) is 4. The minimum absolute atomic E-state index is 0.0487. The fourth-order valence-corrected chi connectivity index (χ4v) is 4.70. The first-order valence-corrected chi connectivity index (χ1v) is 11.8. The lowest BCUT2D eigenvalue weighted by molar-refractivity contribution is -0.120. The first kappa shape index (κ1) is 23.6. The topological polar surface area (TPSA) is 75.7 Å². The van der Waals surface area contributed by atoms with Gasteiger partial charge in [0.25, 0.3) is 10.0 Å². The molecule has 0 aliphatic rings. The van der Waals surface area contributed by atoms with Crippen LogP contribution in [0.5, 0.6) is 5.75 Å². The summed E-state index contributed by atoms with van der Waals surface area (Å²) >= 11 is 5.97. The molecule has 8 heteroatoms. The molecule has 0 heterocycles. The van der Waals surface area contributed by atoms with Crippen molar-refractivity contribution in [1.82, 2.24) is 5.32 Å². The first-order valence-electron chi connectivity index (χ1n) is 9.99. The van der Waals surface area contributed by atoms with E-state index in [9.17, 15) is 13.2 Å². The highest BCUT2D eigenvalue weighted by atomic mass is 35.5. The minimum atomic E-state index is -4.02. The molecule has 1 atom stereocenters. The van der Waals surface area contributed by atoms with E-state index >= 15 is 0 Å². The van der Waals surface area contributed by atoms with Crippen molar-refractivity contribution >= 4 is 33.2 Å². The third-order valence-electron chi connectivity index (χ3n) is 5.00. The van der Waals surface area contributed by atoms with Crippen molar-refractivity contribution in [2.75, 3.05) is 18.0 Å². The number of benzene rings is 3. The van der Waals surface area contributed by atoms with E-state index in [1.807, 2.05) is 38.1 Å². The molecular weight excluding hydrogens is 448 g/mol. The van der Waals surface area contributed by atoms with Gasteiger partial charge in [-0.15, -0.1) is 0 Å². The second-order valence-electron chi connectivity index (χ2n) is 7.36. The Morgan fingerprint density at radius 1 is 1.00 bits per heavy atom. The number of halogens is 1. The molecular formula is C24H25ClN2O4S. The number of anilines is 1. The second-order valence-corrected chi connectivity index (χ2v) is 9.66. The number of aryl methyl sites for hydroxylation is 1. The SMILES string of the molecule is COc1ccc(S(=O)(=O)N(CC(=O)NC(C)c2ccc(C)cc2)c2ccc(Cl)cc2)cc1. The van der Waals surface area contributed by atoms with Gasteiger partial charge in [0, 0.05) is 5.02 Å². The maximum atomic E-state index is 13.4. The zero-order valence-corrected chi connectivity index (χ0v) is 19.7. The third kappa shape index (κ3) is 5.60. The Bertz CT molecular complexity index is 1160. The summed E-state index contributed by atoms with van der Waals surface area (Å²) in [4.78, 5) is 12.9. The van der Waals surface area contributed by atoms with Crippen LogP contribution in [0.4, 0.5) is 5.69 Å². The highest BCUT2D eigenvalue weighted by Gasteiger charge is 2.28. The van der Waals surface area contributed by atoms with Crippen molar-refractivity contribution in [1.29, 1.82) is 0 Å². The molecule has 0 spiro atoms. The van der Waals surface area contributed by atoms with E-state index in [0.717, 1.165) is 15.4 Å². The van der Waals surface area contributed by atoms with Crippen LogP contribution in [0.15, 0.2) is 77.7 Å². The van der Waals surface area contributed by atoms with E-state index in [1.165, 1.54) is 19.2 Å². The molecule has 0 saturated heterocycles. The van der Waals surface area contributed by atoms with Gasteiger partial charge in [0.15, 0.2) is 0 Å². The Morgan fingerprint density at radius 2 is 1.59 bits per heavy atom. The van der Waals surface area contributed by atoms with Gasteiger partial charge in [-0.05, 0) is 67.9 Å². The van der Waals surface area contributed by atoms with Crippen molar-refractivity contribution in [3.05, 3.63) is 88.9 Å². The normalized spacial score (nSPS) is 12.1. The van der Waals surface area contributed by atoms with Gasteiger partial charge in [-0.2, -0.15) is 0 Å². The molecule has 3 aromatic rings. The van der Waals surface area contributed by atoms with Crippen LogP contribution in [0.25, 0.3) is 0 Å². The lowest BCUT2D eigenvalue weighted by Gasteiger charge is -2.25. The molecule has 1 N–H and O–H groups in total. The maximum absolute atomic E-state index is 13.4. The van der Waals surface area contributed by atoms with E-state index < -0.39 is 15.9 Å². The molecule has 0 aromatic heterocycles. The Kier molecular flexibility index (Phi) is 7.43. The molecule has 3 rings (SSSR count). The highest BCUT2D eigenvalue weighted by molar-refractivity contribution is 7.92. The van der Waals surface area contributed by atoms with Crippen molar-refractivity contribution in [3.8, 4) is 5.75 Å². The van der Waals surface area contributed by atoms with Gasteiger partial charge < -0.3 is 10.1 Å². The van der Waals surface area contributed by atoms with Crippen LogP contribution in [0.1, 0.15) is 24.1 Å². The Hall–Kier alpha value is -3.03. The molecule has 0 bridgehead atoms. The summed E-state index contributed by atoms with van der Waals surface area (Å²) in [6, 6.07) is 19.8. The van der Waals surface area contributed by atoms with Crippen molar-refractivity contribution in [3.63, 3.8) is 0 Å². The number of hydrogen-bond donors (Lipinski definition) is 1. The van der Waals surface area contributed by atoms with Gasteiger partial charge in [0.2, 0.25) is 5.91 Å². The molecule has 168 valence electrons. The lowest BCUT2D eigenvalue weighted by Crippen LogP contribution is -2.41. The summed E-state index contributed by atoms with van der Waals surface area (Å²) in [6.07, 6.45) is 0. The lowest BCUT2D eigenvalue weighted by atomic mass is 10.1. The van der Waals surface area contributed by atoms with Crippen LogP contribution in [-0.2, 0) is 14.8 Å². The summed E-state index contributed by atoms with van der Waals surface area (Å²) in [6.45, 7) is 3.46. The Balaban J connectivity index is 1.87. The number of nitrogens with zero attached hydrogens (tertiary/aromatic N) is 1. The van der Waals surface area contributed by atoms with Crippen LogP contribution in [0, 0.1) is 6.92 Å². The Morgan fingerprint density at radius 3 is 2.16 bits per heavy atom. The van der Waals surface area contributed by atoms with Gasteiger partial charge >= 0.3 is 0 Å². The van der Waals surface area contributed by atoms with Gasteiger partial charge in [-0.3, -0.25) is 9.10 Å². The number of carbonyl (C=O) groups is 1. The number of rotatable bonds is 8. The summed E-state index contributed by atoms with van der Waals surface area (Å²) in [5, 5.41) is 3.34. The summed E-state index contributed by atoms with van der Waals surface area (Å²) in [5.41, 5.74) is 2.38. The number of methoxy groups -OCH3 is 1. The van der Waals surface area contributed by atoms with Crippen LogP contribution in [0.2, 0.25) is 5.02 Å². The van der Waals surface area contributed by atoms with Crippen molar-refractivity contribution in [2.24, 2.45) is 0 Å². The standard InChI is InChI=1S/C24H25ClN2O4S/c1-17-4-6-19(7-5-17)18(2)26-24(28)16-27(21-10-8-20(25)9-11-21)32(29,30)23-14-12-22(31-3)13-15-23/h4-15,18H,16H2,1-3H3,(H,26,28). The predicted octanol–water partition coefficient (Wildman–Crippen LogP) is 4.73. The molecule has 0 radical (unpaired) electrons. The maximum Gasteiger partial charge on any atom is 0.264 e. The van der Waals surface area contributed by atoms with Crippen LogP contribution in [0.3, 0.4) is 0 Å². The smallest absolute Gasteiger partial charge is 0.264 e. The molecule has 32 heavy (non-hydrogen) atoms. The van der Waals surface area contributed by atoms with Crippen LogP contribution >= 0.6 is 11.6 Å². The summed E-state index contributed by atoms with van der Waals surface area (Å²) in [5.74, 6) is 0.108. The first-order chi connectivity index (χ1) is 15.2. The van der Waals surface area contributed by atoms with E-state index in [2.05, 4.69) is 5.32 Å². The van der Waals surface area contributed by atoms with Gasteiger partial charge in [0.1, 0.15) is 12.3 Å². The molecule has 3 aromatic carbocycles.